The first-order valence-electron chi connectivity index (χ1n) is 10.9. The summed E-state index contributed by atoms with van der Waals surface area (Å²) in [6.45, 7) is 2.78. The van der Waals surface area contributed by atoms with E-state index in [1.54, 1.807) is 36.4 Å². The van der Waals surface area contributed by atoms with E-state index in [-0.39, 0.29) is 11.5 Å². The molecule has 10 heteroatoms. The molecule has 9 nitrogen and oxygen atoms in total. The van der Waals surface area contributed by atoms with Crippen molar-refractivity contribution in [3.05, 3.63) is 48.0 Å². The monoisotopic (exact) mass is 470 g/mol. The summed E-state index contributed by atoms with van der Waals surface area (Å²) in [7, 11) is -3.70. The third kappa shape index (κ3) is 5.45. The Balaban J connectivity index is 1.53. The van der Waals surface area contributed by atoms with Crippen LogP contribution in [0, 0.1) is 11.3 Å². The molecule has 174 valence electrons. The molecule has 0 spiro atoms. The molecular formula is C23H26N4O5S. The van der Waals surface area contributed by atoms with Gasteiger partial charge in [-0.3, -0.25) is 4.79 Å². The quantitative estimate of drug-likeness (QED) is 0.660. The minimum absolute atomic E-state index is 0.135. The number of nitrogens with zero attached hydrogens (tertiary/aromatic N) is 3. The zero-order valence-electron chi connectivity index (χ0n) is 18.2. The van der Waals surface area contributed by atoms with Crippen molar-refractivity contribution >= 4 is 27.3 Å². The number of hydrogen-bond donors (Lipinski definition) is 1. The Hall–Kier alpha value is -3.13. The van der Waals surface area contributed by atoms with Gasteiger partial charge in [0.2, 0.25) is 10.0 Å². The summed E-state index contributed by atoms with van der Waals surface area (Å²) in [6, 6.07) is 13.4. The second-order valence-electron chi connectivity index (χ2n) is 7.86. The van der Waals surface area contributed by atoms with Gasteiger partial charge in [0.05, 0.1) is 41.1 Å². The van der Waals surface area contributed by atoms with Crippen molar-refractivity contribution in [2.45, 2.75) is 17.7 Å². The molecule has 0 atom stereocenters. The molecule has 2 aromatic carbocycles. The topological polar surface area (TPSA) is 112 Å². The molecule has 2 saturated heterocycles. The van der Waals surface area contributed by atoms with Crippen LogP contribution in [0.25, 0.3) is 0 Å². The molecule has 0 radical (unpaired) electrons. The number of amides is 1. The normalized spacial score (nSPS) is 16.9. The molecule has 0 unspecified atom stereocenters. The lowest BCUT2D eigenvalue weighted by Gasteiger charge is -2.27. The van der Waals surface area contributed by atoms with E-state index in [1.807, 2.05) is 6.07 Å². The number of benzene rings is 2. The van der Waals surface area contributed by atoms with Gasteiger partial charge in [-0.2, -0.15) is 9.57 Å². The number of rotatable bonds is 7. The van der Waals surface area contributed by atoms with Gasteiger partial charge in [-0.15, -0.1) is 0 Å². The lowest BCUT2D eigenvalue weighted by molar-refractivity contribution is -0.118. The van der Waals surface area contributed by atoms with Crippen LogP contribution in [0.5, 0.6) is 5.75 Å². The standard InChI is InChI=1S/C23H26N4O5S/c24-16-18-3-5-19(6-4-18)32-17-23(28)25-21-15-20(7-8-22(21)26-9-1-2-10-26)33(29,30)27-11-13-31-14-12-27/h3-8,15H,1-2,9-14,17H2,(H,25,28). The molecule has 33 heavy (non-hydrogen) atoms. The molecule has 0 bridgehead atoms. The van der Waals surface area contributed by atoms with E-state index in [0.29, 0.717) is 43.3 Å². The van der Waals surface area contributed by atoms with Gasteiger partial charge in [-0.05, 0) is 55.3 Å². The van der Waals surface area contributed by atoms with Crippen LogP contribution >= 0.6 is 0 Å². The number of morpholine rings is 1. The fourth-order valence-electron chi connectivity index (χ4n) is 3.91. The Morgan fingerprint density at radius 1 is 1.06 bits per heavy atom. The second-order valence-corrected chi connectivity index (χ2v) is 9.80. The van der Waals surface area contributed by atoms with Crippen molar-refractivity contribution in [3.8, 4) is 11.8 Å². The summed E-state index contributed by atoms with van der Waals surface area (Å²) in [5, 5.41) is 11.7. The fraction of sp³-hybridized carbons (Fsp3) is 0.391. The highest BCUT2D eigenvalue weighted by Gasteiger charge is 2.28. The molecule has 1 N–H and O–H groups in total. The molecule has 1 amide bonds. The smallest absolute Gasteiger partial charge is 0.262 e. The summed E-state index contributed by atoms with van der Waals surface area (Å²) >= 11 is 0. The van der Waals surface area contributed by atoms with E-state index in [0.717, 1.165) is 31.6 Å². The van der Waals surface area contributed by atoms with E-state index in [4.69, 9.17) is 14.7 Å². The predicted molar refractivity (Wildman–Crippen MR) is 123 cm³/mol. The van der Waals surface area contributed by atoms with Crippen LogP contribution in [0.2, 0.25) is 0 Å². The lowest BCUT2D eigenvalue weighted by atomic mass is 10.2. The molecule has 2 fully saturated rings. The number of nitriles is 1. The first-order valence-corrected chi connectivity index (χ1v) is 12.3. The maximum absolute atomic E-state index is 13.1. The average molecular weight is 471 g/mol. The molecule has 0 aromatic heterocycles. The van der Waals surface area contributed by atoms with E-state index < -0.39 is 15.9 Å². The van der Waals surface area contributed by atoms with Crippen molar-refractivity contribution < 1.29 is 22.7 Å². The summed E-state index contributed by atoms with van der Waals surface area (Å²) in [4.78, 5) is 14.9. The molecule has 2 aliphatic rings. The molecule has 0 aliphatic carbocycles. The van der Waals surface area contributed by atoms with Crippen molar-refractivity contribution in [1.82, 2.24) is 4.31 Å². The number of anilines is 2. The van der Waals surface area contributed by atoms with Gasteiger partial charge in [0.15, 0.2) is 6.61 Å². The third-order valence-corrected chi connectivity index (χ3v) is 7.54. The summed E-state index contributed by atoms with van der Waals surface area (Å²) in [5.41, 5.74) is 1.74. The minimum atomic E-state index is -3.70. The van der Waals surface area contributed by atoms with E-state index in [2.05, 4.69) is 10.2 Å². The van der Waals surface area contributed by atoms with E-state index in [9.17, 15) is 13.2 Å². The number of carbonyl (C=O) groups excluding carboxylic acids is 1. The molecule has 2 aromatic rings. The van der Waals surface area contributed by atoms with Crippen LogP contribution in [-0.4, -0.2) is 64.6 Å². The molecule has 0 saturated carbocycles. The Morgan fingerprint density at radius 3 is 2.42 bits per heavy atom. The van der Waals surface area contributed by atoms with Crippen LogP contribution in [0.1, 0.15) is 18.4 Å². The van der Waals surface area contributed by atoms with Gasteiger partial charge in [0.25, 0.3) is 5.91 Å². The second kappa shape index (κ2) is 10.2. The Kier molecular flexibility index (Phi) is 7.13. The zero-order chi connectivity index (χ0) is 23.3. The van der Waals surface area contributed by atoms with Crippen LogP contribution < -0.4 is 15.0 Å². The maximum Gasteiger partial charge on any atom is 0.262 e. The molecule has 2 heterocycles. The Bertz CT molecular complexity index is 1130. The van der Waals surface area contributed by atoms with Crippen molar-refractivity contribution in [1.29, 1.82) is 5.26 Å². The molecule has 4 rings (SSSR count). The summed E-state index contributed by atoms with van der Waals surface area (Å²) in [5.74, 6) is 0.0632. The lowest BCUT2D eigenvalue weighted by Crippen LogP contribution is -2.40. The Labute approximate surface area is 193 Å². The fourth-order valence-corrected chi connectivity index (χ4v) is 5.34. The first-order chi connectivity index (χ1) is 16.0. The highest BCUT2D eigenvalue weighted by atomic mass is 32.2. The predicted octanol–water partition coefficient (Wildman–Crippen LogP) is 2.20. The number of hydrogen-bond acceptors (Lipinski definition) is 7. The Morgan fingerprint density at radius 2 is 1.76 bits per heavy atom. The third-order valence-electron chi connectivity index (χ3n) is 5.65. The molecule has 2 aliphatic heterocycles. The summed E-state index contributed by atoms with van der Waals surface area (Å²) < 4.78 is 38.4. The molecular weight excluding hydrogens is 444 g/mol. The largest absolute Gasteiger partial charge is 0.484 e. The van der Waals surface area contributed by atoms with Gasteiger partial charge in [0.1, 0.15) is 5.75 Å². The van der Waals surface area contributed by atoms with Gasteiger partial charge >= 0.3 is 0 Å². The number of carbonyl (C=O) groups is 1. The van der Waals surface area contributed by atoms with Gasteiger partial charge in [0, 0.05) is 26.2 Å². The highest BCUT2D eigenvalue weighted by molar-refractivity contribution is 7.89. The van der Waals surface area contributed by atoms with Crippen molar-refractivity contribution in [3.63, 3.8) is 0 Å². The minimum Gasteiger partial charge on any atom is -0.484 e. The number of nitrogens with one attached hydrogen (secondary N) is 1. The first kappa shape index (κ1) is 23.0. The average Bonchev–Trinajstić information content (AvgIpc) is 3.38. The van der Waals surface area contributed by atoms with E-state index in [1.165, 1.54) is 10.4 Å². The van der Waals surface area contributed by atoms with Gasteiger partial charge < -0.3 is 19.7 Å². The van der Waals surface area contributed by atoms with Crippen LogP contribution in [-0.2, 0) is 19.6 Å². The van der Waals surface area contributed by atoms with Crippen LogP contribution in [0.3, 0.4) is 0 Å². The van der Waals surface area contributed by atoms with Gasteiger partial charge in [-0.1, -0.05) is 0 Å². The zero-order valence-corrected chi connectivity index (χ0v) is 19.0. The highest BCUT2D eigenvalue weighted by Crippen LogP contribution is 2.32. The van der Waals surface area contributed by atoms with E-state index >= 15 is 0 Å². The maximum atomic E-state index is 13.1. The van der Waals surface area contributed by atoms with Crippen LogP contribution in [0.15, 0.2) is 47.4 Å². The van der Waals surface area contributed by atoms with Crippen LogP contribution in [0.4, 0.5) is 11.4 Å². The SMILES string of the molecule is N#Cc1ccc(OCC(=O)Nc2cc(S(=O)(=O)N3CCOCC3)ccc2N2CCCC2)cc1. The number of ether oxygens (including phenoxy) is 2. The van der Waals surface area contributed by atoms with Crippen molar-refractivity contribution in [2.75, 3.05) is 56.2 Å². The summed E-state index contributed by atoms with van der Waals surface area (Å²) in [6.07, 6.45) is 2.09. The number of sulfonamides is 1. The van der Waals surface area contributed by atoms with Gasteiger partial charge in [-0.25, -0.2) is 8.42 Å². The van der Waals surface area contributed by atoms with Crippen molar-refractivity contribution in [2.24, 2.45) is 0 Å².